The highest BCUT2D eigenvalue weighted by molar-refractivity contribution is 5.74. The van der Waals surface area contributed by atoms with Gasteiger partial charge in [-0.3, -0.25) is 14.4 Å². The first-order chi connectivity index (χ1) is 38.6. The normalized spacial score (nSPS) is 18.3. The molecule has 0 aromatic rings. The fraction of sp³-hybridized carbons (Fsp3) is 0.761. The van der Waals surface area contributed by atoms with E-state index < -0.39 is 67.3 Å². The summed E-state index contributed by atoms with van der Waals surface area (Å²) in [5, 5.41) is 31.6. The second-order valence-electron chi connectivity index (χ2n) is 21.7. The van der Waals surface area contributed by atoms with Crippen molar-refractivity contribution in [3.8, 4) is 0 Å². The quantitative estimate of drug-likeness (QED) is 0.0228. The summed E-state index contributed by atoms with van der Waals surface area (Å²) in [6, 6.07) is 0. The molecule has 0 radical (unpaired) electrons. The van der Waals surface area contributed by atoms with Crippen LogP contribution in [0.4, 0.5) is 0 Å². The molecular formula is C67H114O12. The van der Waals surface area contributed by atoms with Gasteiger partial charge in [0, 0.05) is 19.3 Å². The van der Waals surface area contributed by atoms with Crippen LogP contribution in [0, 0.1) is 0 Å². The van der Waals surface area contributed by atoms with Crippen molar-refractivity contribution < 1.29 is 58.2 Å². The third kappa shape index (κ3) is 44.5. The van der Waals surface area contributed by atoms with Crippen molar-refractivity contribution in [2.24, 2.45) is 0 Å². The lowest BCUT2D eigenvalue weighted by molar-refractivity contribution is -0.301. The van der Waals surface area contributed by atoms with E-state index in [0.717, 1.165) is 109 Å². The van der Waals surface area contributed by atoms with Crippen molar-refractivity contribution in [1.29, 1.82) is 0 Å². The summed E-state index contributed by atoms with van der Waals surface area (Å²) in [7, 11) is 0. The van der Waals surface area contributed by atoms with E-state index in [1.165, 1.54) is 109 Å². The summed E-state index contributed by atoms with van der Waals surface area (Å²) >= 11 is 0. The molecule has 12 nitrogen and oxygen atoms in total. The zero-order valence-electron chi connectivity index (χ0n) is 50.1. The highest BCUT2D eigenvalue weighted by Crippen LogP contribution is 2.26. The Hall–Kier alpha value is -3.84. The molecule has 0 amide bonds. The molecule has 79 heavy (non-hydrogen) atoms. The fourth-order valence-electron chi connectivity index (χ4n) is 9.39. The van der Waals surface area contributed by atoms with E-state index >= 15 is 0 Å². The molecule has 1 rings (SSSR count). The monoisotopic (exact) mass is 1110 g/mol. The minimum Gasteiger partial charge on any atom is -0.479 e. The number of ether oxygens (including phenoxy) is 5. The lowest BCUT2D eigenvalue weighted by Crippen LogP contribution is -2.61. The van der Waals surface area contributed by atoms with E-state index in [2.05, 4.69) is 93.7 Å². The van der Waals surface area contributed by atoms with Crippen molar-refractivity contribution in [3.63, 3.8) is 0 Å². The topological polar surface area (TPSA) is 175 Å². The molecule has 1 aliphatic heterocycles. The van der Waals surface area contributed by atoms with Crippen LogP contribution in [0.2, 0.25) is 0 Å². The number of aliphatic hydroxyl groups is 2. The van der Waals surface area contributed by atoms with Crippen LogP contribution in [0.15, 0.2) is 72.9 Å². The number of carbonyl (C=O) groups excluding carboxylic acids is 3. The molecule has 1 saturated heterocycles. The van der Waals surface area contributed by atoms with E-state index in [1.54, 1.807) is 0 Å². The minimum absolute atomic E-state index is 0.0312. The Morgan fingerprint density at radius 3 is 1.24 bits per heavy atom. The number of carboxylic acids is 1. The van der Waals surface area contributed by atoms with Gasteiger partial charge >= 0.3 is 23.9 Å². The van der Waals surface area contributed by atoms with Gasteiger partial charge in [-0.25, -0.2) is 4.79 Å². The number of hydrogen-bond acceptors (Lipinski definition) is 11. The van der Waals surface area contributed by atoms with Crippen LogP contribution >= 0.6 is 0 Å². The Morgan fingerprint density at radius 2 is 0.797 bits per heavy atom. The SMILES string of the molecule is CC/C=C\C/C=C\C/C=C\C/C=C\CCCCCCC(=O)OC1C(OCC(COC(=O)CCCCCCCCC/C=C\C/C=C\CCCCC)OC(=O)CCCCCCCCCCCCCCCCC)OC(C(=O)O)C(O)C1O. The molecule has 454 valence electrons. The number of carboxylic acid groups (broad SMARTS) is 1. The van der Waals surface area contributed by atoms with Gasteiger partial charge in [0.1, 0.15) is 18.8 Å². The molecule has 6 atom stereocenters. The molecule has 0 aromatic carbocycles. The van der Waals surface area contributed by atoms with E-state index in [4.69, 9.17) is 23.7 Å². The van der Waals surface area contributed by atoms with Gasteiger partial charge in [0.05, 0.1) is 6.61 Å². The molecule has 0 bridgehead atoms. The summed E-state index contributed by atoms with van der Waals surface area (Å²) < 4.78 is 28.5. The fourth-order valence-corrected chi connectivity index (χ4v) is 9.39. The van der Waals surface area contributed by atoms with Crippen LogP contribution in [0.25, 0.3) is 0 Å². The van der Waals surface area contributed by atoms with Gasteiger partial charge in [-0.05, 0) is 89.9 Å². The molecule has 6 unspecified atom stereocenters. The van der Waals surface area contributed by atoms with Gasteiger partial charge < -0.3 is 39.0 Å². The number of aliphatic carboxylic acids is 1. The number of allylic oxidation sites excluding steroid dienone is 12. The maximum absolute atomic E-state index is 13.2. The van der Waals surface area contributed by atoms with Gasteiger partial charge in [-0.2, -0.15) is 0 Å². The third-order valence-electron chi connectivity index (χ3n) is 14.3. The molecule has 1 fully saturated rings. The molecule has 0 aliphatic carbocycles. The Bertz CT molecular complexity index is 1650. The van der Waals surface area contributed by atoms with Crippen molar-refractivity contribution in [3.05, 3.63) is 72.9 Å². The number of rotatable bonds is 54. The summed E-state index contributed by atoms with van der Waals surface area (Å²) in [6.07, 6.45) is 57.1. The van der Waals surface area contributed by atoms with Gasteiger partial charge in [-0.1, -0.05) is 241 Å². The minimum atomic E-state index is -1.91. The number of carbonyl (C=O) groups is 4. The maximum Gasteiger partial charge on any atom is 0.335 e. The van der Waals surface area contributed by atoms with Crippen LogP contribution < -0.4 is 0 Å². The molecule has 1 aliphatic rings. The van der Waals surface area contributed by atoms with Crippen molar-refractivity contribution in [2.45, 2.75) is 314 Å². The zero-order chi connectivity index (χ0) is 57.5. The van der Waals surface area contributed by atoms with Gasteiger partial charge in [-0.15, -0.1) is 0 Å². The Labute approximate surface area is 480 Å². The molecular weight excluding hydrogens is 997 g/mol. The largest absolute Gasteiger partial charge is 0.479 e. The first-order valence-electron chi connectivity index (χ1n) is 31.9. The predicted molar refractivity (Wildman–Crippen MR) is 322 cm³/mol. The molecule has 0 saturated carbocycles. The smallest absolute Gasteiger partial charge is 0.335 e. The number of hydrogen-bond donors (Lipinski definition) is 3. The Balaban J connectivity index is 2.68. The van der Waals surface area contributed by atoms with E-state index in [-0.39, 0.29) is 25.9 Å². The predicted octanol–water partition coefficient (Wildman–Crippen LogP) is 16.9. The Morgan fingerprint density at radius 1 is 0.430 bits per heavy atom. The van der Waals surface area contributed by atoms with Crippen LogP contribution in [0.1, 0.15) is 278 Å². The summed E-state index contributed by atoms with van der Waals surface area (Å²) in [4.78, 5) is 51.3. The maximum atomic E-state index is 13.2. The number of aliphatic hydroxyl groups excluding tert-OH is 2. The van der Waals surface area contributed by atoms with Crippen LogP contribution in [0.5, 0.6) is 0 Å². The van der Waals surface area contributed by atoms with Crippen LogP contribution in [0.3, 0.4) is 0 Å². The van der Waals surface area contributed by atoms with Crippen molar-refractivity contribution in [2.75, 3.05) is 13.2 Å². The molecule has 0 spiro atoms. The number of unbranched alkanes of at least 4 members (excludes halogenated alkanes) is 28. The average Bonchev–Trinajstić information content (AvgIpc) is 3.43. The first kappa shape index (κ1) is 73.2. The highest BCUT2D eigenvalue weighted by atomic mass is 16.7. The standard InChI is InChI=1S/C67H114O12/c1-4-7-10-13-16-19-22-25-28-30-33-35-38-41-44-47-50-53-59(68)75-56-58(77-60(69)54-51-48-45-42-39-36-32-27-24-21-18-15-12-9-6-3)57-76-67-65(63(72)62(71)64(79-67)66(73)74)78-61(70)55-52-49-46-43-40-37-34-31-29-26-23-20-17-14-11-8-5-2/h8,11,16-17,19-20,25-26,28-29,34,37,58,62-65,67,71-72H,4-7,9-10,12-15,18,21-24,27,30-33,35-36,38-57H2,1-3H3,(H,73,74)/b11-8-,19-16-,20-17-,28-25-,29-26-,37-34-. The average molecular weight is 1110 g/mol. The van der Waals surface area contributed by atoms with Crippen molar-refractivity contribution in [1.82, 2.24) is 0 Å². The van der Waals surface area contributed by atoms with Crippen LogP contribution in [-0.4, -0.2) is 89.2 Å². The summed E-state index contributed by atoms with van der Waals surface area (Å²) in [5.41, 5.74) is 0. The number of esters is 3. The van der Waals surface area contributed by atoms with Crippen LogP contribution in [-0.2, 0) is 42.9 Å². The lowest BCUT2D eigenvalue weighted by atomic mass is 9.98. The second kappa shape index (κ2) is 54.7. The van der Waals surface area contributed by atoms with Gasteiger partial charge in [0.25, 0.3) is 0 Å². The van der Waals surface area contributed by atoms with E-state index in [0.29, 0.717) is 19.3 Å². The Kier molecular flexibility index (Phi) is 50.7. The van der Waals surface area contributed by atoms with Crippen molar-refractivity contribution >= 4 is 23.9 Å². The molecule has 3 N–H and O–H groups in total. The highest BCUT2D eigenvalue weighted by Gasteiger charge is 2.50. The summed E-state index contributed by atoms with van der Waals surface area (Å²) in [5.74, 6) is -3.15. The molecule has 1 heterocycles. The van der Waals surface area contributed by atoms with E-state index in [1.807, 2.05) is 0 Å². The molecule has 12 heteroatoms. The second-order valence-corrected chi connectivity index (χ2v) is 21.7. The third-order valence-corrected chi connectivity index (χ3v) is 14.3. The zero-order valence-corrected chi connectivity index (χ0v) is 50.1. The van der Waals surface area contributed by atoms with Gasteiger partial charge in [0.2, 0.25) is 0 Å². The lowest BCUT2D eigenvalue weighted by Gasteiger charge is -2.40. The summed E-state index contributed by atoms with van der Waals surface area (Å²) in [6.45, 7) is 5.87. The van der Waals surface area contributed by atoms with E-state index in [9.17, 15) is 34.5 Å². The van der Waals surface area contributed by atoms with Gasteiger partial charge in [0.15, 0.2) is 24.6 Å². The first-order valence-corrected chi connectivity index (χ1v) is 31.9. The molecule has 0 aromatic heterocycles.